The van der Waals surface area contributed by atoms with Crippen LogP contribution in [0.25, 0.3) is 0 Å². The Hall–Kier alpha value is -1.46. The number of amides is 1. The first kappa shape index (κ1) is 14.0. The first-order chi connectivity index (χ1) is 9.26. The second-order valence-electron chi connectivity index (χ2n) is 4.90. The number of nitrogens with two attached hydrogens (primary N) is 1. The van der Waals surface area contributed by atoms with Crippen LogP contribution in [0.3, 0.4) is 0 Å². The van der Waals surface area contributed by atoms with Crippen LogP contribution in [0.5, 0.6) is 0 Å². The van der Waals surface area contributed by atoms with Crippen molar-refractivity contribution in [2.24, 2.45) is 5.73 Å². The van der Waals surface area contributed by atoms with E-state index < -0.39 is 0 Å². The number of carbonyl (C=O) groups excluding carboxylic acids is 1. The van der Waals surface area contributed by atoms with Crippen molar-refractivity contribution in [1.82, 2.24) is 9.88 Å². The van der Waals surface area contributed by atoms with Gasteiger partial charge in [-0.05, 0) is 37.8 Å². The van der Waals surface area contributed by atoms with E-state index in [0.29, 0.717) is 31.1 Å². The fourth-order valence-corrected chi connectivity index (χ4v) is 2.28. The van der Waals surface area contributed by atoms with Crippen molar-refractivity contribution in [3.05, 3.63) is 29.6 Å². The molecule has 0 unspecified atom stereocenters. The van der Waals surface area contributed by atoms with Gasteiger partial charge in [0.1, 0.15) is 0 Å². The summed E-state index contributed by atoms with van der Waals surface area (Å²) in [4.78, 5) is 18.5. The molecule has 1 saturated carbocycles. The number of rotatable bonds is 6. The minimum Gasteiger partial charge on any atom is -0.396 e. The molecule has 1 aliphatic carbocycles. The van der Waals surface area contributed by atoms with E-state index in [2.05, 4.69) is 4.98 Å². The summed E-state index contributed by atoms with van der Waals surface area (Å²) in [5.41, 5.74) is 6.91. The molecular formula is C14H21N3O2. The van der Waals surface area contributed by atoms with Crippen LogP contribution in [-0.2, 0) is 6.54 Å². The molecule has 3 N–H and O–H groups in total. The van der Waals surface area contributed by atoms with Crippen LogP contribution in [0.4, 0.5) is 0 Å². The van der Waals surface area contributed by atoms with E-state index in [0.717, 1.165) is 18.5 Å². The smallest absolute Gasteiger partial charge is 0.254 e. The summed E-state index contributed by atoms with van der Waals surface area (Å²) in [6, 6.07) is 3.81. The quantitative estimate of drug-likeness (QED) is 0.799. The monoisotopic (exact) mass is 263 g/mol. The largest absolute Gasteiger partial charge is 0.396 e. The highest BCUT2D eigenvalue weighted by atomic mass is 16.3. The molecule has 104 valence electrons. The molecule has 1 aromatic heterocycles. The van der Waals surface area contributed by atoms with Gasteiger partial charge < -0.3 is 15.7 Å². The Balaban J connectivity index is 2.12. The predicted octanol–water partition coefficient (Wildman–Crippen LogP) is 0.917. The minimum atomic E-state index is 0.0234. The maximum atomic E-state index is 12.5. The molecule has 0 aromatic carbocycles. The first-order valence-corrected chi connectivity index (χ1v) is 6.83. The molecule has 19 heavy (non-hydrogen) atoms. The number of nitrogens with zero attached hydrogens (tertiary/aromatic N) is 2. The van der Waals surface area contributed by atoms with Gasteiger partial charge in [-0.3, -0.25) is 9.78 Å². The number of pyridine rings is 1. The minimum absolute atomic E-state index is 0.0234. The molecule has 1 heterocycles. The average molecular weight is 263 g/mol. The zero-order valence-corrected chi connectivity index (χ0v) is 11.1. The fourth-order valence-electron chi connectivity index (χ4n) is 2.28. The number of carbonyl (C=O) groups is 1. The van der Waals surface area contributed by atoms with Crippen molar-refractivity contribution >= 4 is 5.91 Å². The van der Waals surface area contributed by atoms with Gasteiger partial charge in [-0.1, -0.05) is 0 Å². The second-order valence-corrected chi connectivity index (χ2v) is 4.90. The van der Waals surface area contributed by atoms with Gasteiger partial charge in [-0.2, -0.15) is 0 Å². The van der Waals surface area contributed by atoms with Gasteiger partial charge in [0.05, 0.1) is 5.69 Å². The van der Waals surface area contributed by atoms with E-state index in [-0.39, 0.29) is 12.5 Å². The fraction of sp³-hybridized carbons (Fsp3) is 0.571. The number of hydrogen-bond donors (Lipinski definition) is 2. The van der Waals surface area contributed by atoms with Crippen molar-refractivity contribution in [3.8, 4) is 0 Å². The summed E-state index contributed by atoms with van der Waals surface area (Å²) in [6.45, 7) is 1.06. The predicted molar refractivity (Wildman–Crippen MR) is 72.5 cm³/mol. The molecule has 1 aromatic rings. The topological polar surface area (TPSA) is 79.5 Å². The van der Waals surface area contributed by atoms with Gasteiger partial charge in [0.2, 0.25) is 0 Å². The molecule has 0 aliphatic heterocycles. The summed E-state index contributed by atoms with van der Waals surface area (Å²) in [7, 11) is 0. The molecule has 0 saturated heterocycles. The summed E-state index contributed by atoms with van der Waals surface area (Å²) >= 11 is 0. The number of hydrogen-bond acceptors (Lipinski definition) is 4. The first-order valence-electron chi connectivity index (χ1n) is 6.83. The van der Waals surface area contributed by atoms with Gasteiger partial charge in [-0.25, -0.2) is 0 Å². The van der Waals surface area contributed by atoms with Crippen molar-refractivity contribution in [2.75, 3.05) is 13.2 Å². The molecule has 0 spiro atoms. The Labute approximate surface area is 113 Å². The van der Waals surface area contributed by atoms with E-state index in [1.54, 1.807) is 18.3 Å². The number of aliphatic hydroxyl groups is 1. The molecule has 5 heteroatoms. The van der Waals surface area contributed by atoms with Gasteiger partial charge in [0, 0.05) is 37.5 Å². The average Bonchev–Trinajstić information content (AvgIpc) is 2.40. The second kappa shape index (κ2) is 6.63. The molecule has 1 amide bonds. The third-order valence-electron chi connectivity index (χ3n) is 3.61. The van der Waals surface area contributed by atoms with Crippen LogP contribution >= 0.6 is 0 Å². The third kappa shape index (κ3) is 3.30. The number of aliphatic hydroxyl groups excluding tert-OH is 1. The van der Waals surface area contributed by atoms with Gasteiger partial charge in [-0.15, -0.1) is 0 Å². The highest BCUT2D eigenvalue weighted by Crippen LogP contribution is 2.26. The lowest BCUT2D eigenvalue weighted by Crippen LogP contribution is -2.45. The SMILES string of the molecule is NCc1cc(C(=O)N(CCCO)C2CCC2)ccn1. The summed E-state index contributed by atoms with van der Waals surface area (Å²) in [5, 5.41) is 8.96. The lowest BCUT2D eigenvalue weighted by Gasteiger charge is -2.37. The zero-order valence-electron chi connectivity index (χ0n) is 11.1. The summed E-state index contributed by atoms with van der Waals surface area (Å²) in [6.07, 6.45) is 5.55. The highest BCUT2D eigenvalue weighted by Gasteiger charge is 2.29. The van der Waals surface area contributed by atoms with E-state index in [4.69, 9.17) is 10.8 Å². The van der Waals surface area contributed by atoms with Gasteiger partial charge in [0.15, 0.2) is 0 Å². The molecule has 2 rings (SSSR count). The van der Waals surface area contributed by atoms with Crippen LogP contribution in [0.2, 0.25) is 0 Å². The Kier molecular flexibility index (Phi) is 4.87. The Bertz CT molecular complexity index is 432. The van der Waals surface area contributed by atoms with Gasteiger partial charge in [0.25, 0.3) is 5.91 Å². The Morgan fingerprint density at radius 2 is 2.32 bits per heavy atom. The maximum Gasteiger partial charge on any atom is 0.254 e. The van der Waals surface area contributed by atoms with Crippen molar-refractivity contribution in [2.45, 2.75) is 38.3 Å². The van der Waals surface area contributed by atoms with E-state index in [9.17, 15) is 4.79 Å². The van der Waals surface area contributed by atoms with Crippen molar-refractivity contribution in [3.63, 3.8) is 0 Å². The molecule has 5 nitrogen and oxygen atoms in total. The maximum absolute atomic E-state index is 12.5. The number of aromatic nitrogens is 1. The van der Waals surface area contributed by atoms with Crippen LogP contribution in [0.15, 0.2) is 18.3 Å². The molecule has 1 aliphatic rings. The van der Waals surface area contributed by atoms with E-state index in [1.807, 2.05) is 4.90 Å². The van der Waals surface area contributed by atoms with Crippen LogP contribution in [0.1, 0.15) is 41.7 Å². The van der Waals surface area contributed by atoms with E-state index in [1.165, 1.54) is 6.42 Å². The Morgan fingerprint density at radius 1 is 1.53 bits per heavy atom. The van der Waals surface area contributed by atoms with Crippen LogP contribution in [0, 0.1) is 0 Å². The highest BCUT2D eigenvalue weighted by molar-refractivity contribution is 5.94. The molecule has 1 fully saturated rings. The Morgan fingerprint density at radius 3 is 2.89 bits per heavy atom. The molecule has 0 radical (unpaired) electrons. The third-order valence-corrected chi connectivity index (χ3v) is 3.61. The normalized spacial score (nSPS) is 15.1. The van der Waals surface area contributed by atoms with Gasteiger partial charge >= 0.3 is 0 Å². The molecular weight excluding hydrogens is 242 g/mol. The van der Waals surface area contributed by atoms with Crippen molar-refractivity contribution < 1.29 is 9.90 Å². The van der Waals surface area contributed by atoms with E-state index >= 15 is 0 Å². The lowest BCUT2D eigenvalue weighted by atomic mass is 9.91. The molecule has 0 bridgehead atoms. The summed E-state index contributed by atoms with van der Waals surface area (Å²) in [5.74, 6) is 0.0234. The molecule has 0 atom stereocenters. The van der Waals surface area contributed by atoms with Crippen LogP contribution in [-0.4, -0.2) is 40.1 Å². The van der Waals surface area contributed by atoms with Crippen LogP contribution < -0.4 is 5.73 Å². The standard InChI is InChI=1S/C14H21N3O2/c15-10-12-9-11(5-6-16-12)14(19)17(7-2-8-18)13-3-1-4-13/h5-6,9,13,18H,1-4,7-8,10,15H2. The summed E-state index contributed by atoms with van der Waals surface area (Å²) < 4.78 is 0. The lowest BCUT2D eigenvalue weighted by molar-refractivity contribution is 0.0562. The zero-order chi connectivity index (χ0) is 13.7. The van der Waals surface area contributed by atoms with Crippen molar-refractivity contribution in [1.29, 1.82) is 0 Å².